The molecule has 1 aliphatic rings. The summed E-state index contributed by atoms with van der Waals surface area (Å²) in [4.78, 5) is 17.2. The molecule has 6 nitrogen and oxygen atoms in total. The second-order valence-electron chi connectivity index (χ2n) is 8.00. The van der Waals surface area contributed by atoms with Gasteiger partial charge < -0.3 is 4.90 Å². The number of rotatable bonds is 7. The second kappa shape index (κ2) is 10.3. The Morgan fingerprint density at radius 1 is 1.03 bits per heavy atom. The van der Waals surface area contributed by atoms with E-state index in [1.165, 1.54) is 24.3 Å². The van der Waals surface area contributed by atoms with Crippen molar-refractivity contribution >= 4 is 15.9 Å². The van der Waals surface area contributed by atoms with E-state index in [4.69, 9.17) is 0 Å². The average molecular weight is 448 g/mol. The summed E-state index contributed by atoms with van der Waals surface area (Å²) in [6.45, 7) is 7.28. The van der Waals surface area contributed by atoms with E-state index in [-0.39, 0.29) is 22.7 Å². The van der Waals surface area contributed by atoms with Gasteiger partial charge >= 0.3 is 0 Å². The molecule has 1 unspecified atom stereocenters. The smallest absolute Gasteiger partial charge is 0.253 e. The third-order valence-corrected chi connectivity index (χ3v) is 7.18. The summed E-state index contributed by atoms with van der Waals surface area (Å²) in [5, 5.41) is 0. The number of nitrogens with one attached hydrogen (secondary N) is 1. The molecule has 8 heteroatoms. The molecular weight excluding hydrogens is 417 g/mol. The van der Waals surface area contributed by atoms with Crippen LogP contribution < -0.4 is 4.72 Å². The second-order valence-corrected chi connectivity index (χ2v) is 9.72. The first-order chi connectivity index (χ1) is 14.8. The summed E-state index contributed by atoms with van der Waals surface area (Å²) < 4.78 is 40.5. The van der Waals surface area contributed by atoms with Crippen LogP contribution in [-0.4, -0.2) is 56.3 Å². The molecule has 2 aromatic rings. The van der Waals surface area contributed by atoms with Gasteiger partial charge in [0.1, 0.15) is 5.82 Å². The van der Waals surface area contributed by atoms with Gasteiger partial charge in [0, 0.05) is 44.3 Å². The van der Waals surface area contributed by atoms with Gasteiger partial charge in [0.25, 0.3) is 5.91 Å². The van der Waals surface area contributed by atoms with Gasteiger partial charge in [-0.1, -0.05) is 19.1 Å². The van der Waals surface area contributed by atoms with E-state index in [0.29, 0.717) is 25.1 Å². The van der Waals surface area contributed by atoms with Crippen molar-refractivity contribution in [2.24, 2.45) is 0 Å². The fourth-order valence-electron chi connectivity index (χ4n) is 3.56. The van der Waals surface area contributed by atoms with E-state index in [2.05, 4.69) is 9.62 Å². The third-order valence-electron chi connectivity index (χ3n) is 5.58. The molecule has 1 fully saturated rings. The number of hydrogen-bond donors (Lipinski definition) is 1. The summed E-state index contributed by atoms with van der Waals surface area (Å²) in [5.74, 6) is -0.340. The lowest BCUT2D eigenvalue weighted by Gasteiger charge is -2.22. The lowest BCUT2D eigenvalue weighted by atomic mass is 10.2. The SMILES string of the molecule is CCC(C)NS(=O)(=O)c1ccc(C(=O)N2CCCN(Cc3ccc(F)cc3)CC2)cc1. The van der Waals surface area contributed by atoms with E-state index < -0.39 is 10.0 Å². The van der Waals surface area contributed by atoms with Crippen LogP contribution in [0, 0.1) is 5.82 Å². The summed E-state index contributed by atoms with van der Waals surface area (Å²) >= 11 is 0. The Hall–Kier alpha value is -2.29. The van der Waals surface area contributed by atoms with Crippen molar-refractivity contribution in [2.75, 3.05) is 26.2 Å². The van der Waals surface area contributed by atoms with Crippen molar-refractivity contribution < 1.29 is 17.6 Å². The largest absolute Gasteiger partial charge is 0.337 e. The first-order valence-electron chi connectivity index (χ1n) is 10.7. The van der Waals surface area contributed by atoms with E-state index in [9.17, 15) is 17.6 Å². The van der Waals surface area contributed by atoms with E-state index in [1.54, 1.807) is 24.3 Å². The summed E-state index contributed by atoms with van der Waals surface area (Å²) in [7, 11) is -3.59. The number of halogens is 1. The van der Waals surface area contributed by atoms with Gasteiger partial charge in [-0.25, -0.2) is 17.5 Å². The van der Waals surface area contributed by atoms with E-state index in [0.717, 1.165) is 31.6 Å². The molecule has 0 saturated carbocycles. The zero-order valence-electron chi connectivity index (χ0n) is 18.1. The molecule has 2 aromatic carbocycles. The Labute approximate surface area is 184 Å². The molecule has 1 amide bonds. The summed E-state index contributed by atoms with van der Waals surface area (Å²) in [6.07, 6.45) is 1.54. The van der Waals surface area contributed by atoms with Crippen molar-refractivity contribution in [2.45, 2.75) is 44.2 Å². The Morgan fingerprint density at radius 3 is 2.35 bits per heavy atom. The van der Waals surface area contributed by atoms with Crippen LogP contribution in [0.4, 0.5) is 4.39 Å². The number of amides is 1. The van der Waals surface area contributed by atoms with Crippen LogP contribution in [0.1, 0.15) is 42.6 Å². The van der Waals surface area contributed by atoms with E-state index in [1.807, 2.05) is 18.7 Å². The standard InChI is InChI=1S/C23H30FN3O3S/c1-3-18(2)25-31(29,30)22-11-7-20(8-12-22)23(28)27-14-4-13-26(15-16-27)17-19-5-9-21(24)10-6-19/h5-12,18,25H,3-4,13-17H2,1-2H3. The van der Waals surface area contributed by atoms with Crippen LogP contribution in [0.3, 0.4) is 0 Å². The number of carbonyl (C=O) groups is 1. The molecule has 31 heavy (non-hydrogen) atoms. The van der Waals surface area contributed by atoms with Crippen LogP contribution >= 0.6 is 0 Å². The lowest BCUT2D eigenvalue weighted by Crippen LogP contribution is -2.35. The lowest BCUT2D eigenvalue weighted by molar-refractivity contribution is 0.0761. The predicted octanol–water partition coefficient (Wildman–Crippen LogP) is 3.25. The Morgan fingerprint density at radius 2 is 1.71 bits per heavy atom. The molecule has 0 aliphatic carbocycles. The molecule has 1 saturated heterocycles. The van der Waals surface area contributed by atoms with Crippen molar-refractivity contribution in [1.29, 1.82) is 0 Å². The maximum Gasteiger partial charge on any atom is 0.253 e. The molecule has 1 atom stereocenters. The van der Waals surface area contributed by atoms with Crippen LogP contribution in [0.5, 0.6) is 0 Å². The molecule has 0 aromatic heterocycles. The number of hydrogen-bond acceptors (Lipinski definition) is 4. The van der Waals surface area contributed by atoms with Crippen molar-refractivity contribution in [3.63, 3.8) is 0 Å². The number of benzene rings is 2. The zero-order chi connectivity index (χ0) is 22.4. The highest BCUT2D eigenvalue weighted by Gasteiger charge is 2.22. The fourth-order valence-corrected chi connectivity index (χ4v) is 4.88. The monoisotopic (exact) mass is 447 g/mol. The van der Waals surface area contributed by atoms with Gasteiger partial charge in [-0.3, -0.25) is 9.69 Å². The minimum atomic E-state index is -3.59. The average Bonchev–Trinajstić information content (AvgIpc) is 3.00. The Balaban J connectivity index is 1.60. The first kappa shape index (κ1) is 23.4. The molecule has 0 radical (unpaired) electrons. The Kier molecular flexibility index (Phi) is 7.80. The Bertz CT molecular complexity index is 978. The molecular formula is C23H30FN3O3S. The summed E-state index contributed by atoms with van der Waals surface area (Å²) in [5.41, 5.74) is 1.53. The molecule has 1 heterocycles. The fraction of sp³-hybridized carbons (Fsp3) is 0.435. The molecule has 0 spiro atoms. The van der Waals surface area contributed by atoms with Crippen LogP contribution in [0.25, 0.3) is 0 Å². The molecule has 1 N–H and O–H groups in total. The van der Waals surface area contributed by atoms with Crippen LogP contribution in [0.15, 0.2) is 53.4 Å². The van der Waals surface area contributed by atoms with Gasteiger partial charge in [0.2, 0.25) is 10.0 Å². The summed E-state index contributed by atoms with van der Waals surface area (Å²) in [6, 6.07) is 12.5. The number of carbonyl (C=O) groups excluding carboxylic acids is 1. The van der Waals surface area contributed by atoms with Gasteiger partial charge in [-0.15, -0.1) is 0 Å². The van der Waals surface area contributed by atoms with Gasteiger partial charge in [0.15, 0.2) is 0 Å². The number of nitrogens with zero attached hydrogens (tertiary/aromatic N) is 2. The van der Waals surface area contributed by atoms with Crippen LogP contribution in [-0.2, 0) is 16.6 Å². The quantitative estimate of drug-likeness (QED) is 0.707. The number of sulfonamides is 1. The van der Waals surface area contributed by atoms with Crippen molar-refractivity contribution in [3.05, 3.63) is 65.5 Å². The molecule has 168 valence electrons. The van der Waals surface area contributed by atoms with Gasteiger partial charge in [-0.2, -0.15) is 0 Å². The first-order valence-corrected chi connectivity index (χ1v) is 12.2. The maximum absolute atomic E-state index is 13.1. The van der Waals surface area contributed by atoms with Crippen molar-refractivity contribution in [1.82, 2.24) is 14.5 Å². The predicted molar refractivity (Wildman–Crippen MR) is 119 cm³/mol. The maximum atomic E-state index is 13.1. The zero-order valence-corrected chi connectivity index (χ0v) is 18.9. The van der Waals surface area contributed by atoms with Gasteiger partial charge in [-0.05, 0) is 61.7 Å². The molecule has 3 rings (SSSR count). The van der Waals surface area contributed by atoms with Crippen molar-refractivity contribution in [3.8, 4) is 0 Å². The highest BCUT2D eigenvalue weighted by molar-refractivity contribution is 7.89. The highest BCUT2D eigenvalue weighted by Crippen LogP contribution is 2.16. The van der Waals surface area contributed by atoms with Crippen LogP contribution in [0.2, 0.25) is 0 Å². The molecule has 0 bridgehead atoms. The minimum absolute atomic E-state index is 0.0949. The van der Waals surface area contributed by atoms with E-state index >= 15 is 0 Å². The third kappa shape index (κ3) is 6.35. The minimum Gasteiger partial charge on any atom is -0.337 e. The topological polar surface area (TPSA) is 69.7 Å². The highest BCUT2D eigenvalue weighted by atomic mass is 32.2. The normalized spacial score (nSPS) is 16.7. The molecule has 1 aliphatic heterocycles. The van der Waals surface area contributed by atoms with Gasteiger partial charge in [0.05, 0.1) is 4.90 Å².